The van der Waals surface area contributed by atoms with Crippen LogP contribution in [0.25, 0.3) is 0 Å². The van der Waals surface area contributed by atoms with Crippen LogP contribution in [0, 0.1) is 17.3 Å². The summed E-state index contributed by atoms with van der Waals surface area (Å²) >= 11 is 0. The summed E-state index contributed by atoms with van der Waals surface area (Å²) in [6, 6.07) is 0. The van der Waals surface area contributed by atoms with Crippen molar-refractivity contribution in [3.8, 4) is 0 Å². The Labute approximate surface area is 108 Å². The molecule has 4 aliphatic heterocycles. The van der Waals surface area contributed by atoms with Crippen LogP contribution in [0.2, 0.25) is 0 Å². The fourth-order valence-electron chi connectivity index (χ4n) is 4.16. The molecule has 0 aromatic heterocycles. The van der Waals surface area contributed by atoms with Gasteiger partial charge in [-0.05, 0) is 11.5 Å². The first-order valence-corrected chi connectivity index (χ1v) is 6.91. The predicted molar refractivity (Wildman–Crippen MR) is 69.4 cm³/mol. The summed E-state index contributed by atoms with van der Waals surface area (Å²) in [5, 5.41) is 9.16. The molecule has 0 aromatic rings. The molecule has 18 heavy (non-hydrogen) atoms. The first-order valence-electron chi connectivity index (χ1n) is 6.91. The van der Waals surface area contributed by atoms with Gasteiger partial charge in [0, 0.05) is 56.7 Å². The topological polar surface area (TPSA) is 43.8 Å². The zero-order chi connectivity index (χ0) is 12.9. The lowest BCUT2D eigenvalue weighted by molar-refractivity contribution is -0.131. The molecule has 2 unspecified atom stereocenters. The van der Waals surface area contributed by atoms with E-state index in [0.29, 0.717) is 11.8 Å². The van der Waals surface area contributed by atoms with Crippen molar-refractivity contribution in [3.05, 3.63) is 11.6 Å². The van der Waals surface area contributed by atoms with Crippen LogP contribution in [0.1, 0.15) is 13.8 Å². The average Bonchev–Trinajstić information content (AvgIpc) is 2.51. The normalized spacial score (nSPS) is 44.6. The summed E-state index contributed by atoms with van der Waals surface area (Å²) in [5.41, 5.74) is 1.27. The molecule has 4 bridgehead atoms. The number of rotatable bonds is 2. The molecule has 4 nitrogen and oxygen atoms in total. The SMILES string of the molecule is CC(C)C12CN3CCN(CC(C3)/C1=C\C(=O)O)C2. The largest absolute Gasteiger partial charge is 0.478 e. The van der Waals surface area contributed by atoms with E-state index in [1.54, 1.807) is 0 Å². The number of hydrogen-bond donors (Lipinski definition) is 1. The highest BCUT2D eigenvalue weighted by molar-refractivity contribution is 5.81. The number of fused-ring (bicyclic) bond motifs is 1. The van der Waals surface area contributed by atoms with E-state index < -0.39 is 5.97 Å². The van der Waals surface area contributed by atoms with E-state index in [2.05, 4.69) is 23.6 Å². The number of aliphatic carboxylic acids is 1. The van der Waals surface area contributed by atoms with Crippen molar-refractivity contribution in [1.29, 1.82) is 0 Å². The second-order valence-corrected chi connectivity index (χ2v) is 6.42. The van der Waals surface area contributed by atoms with Crippen molar-refractivity contribution >= 4 is 5.97 Å². The highest BCUT2D eigenvalue weighted by Gasteiger charge is 2.52. The standard InChI is InChI=1S/C14H22N2O2/c1-10(2)14-8-15-3-4-16(9-14)7-11(6-15)12(14)5-13(17)18/h5,10-11H,3-4,6-9H2,1-2H3,(H,17,18)/b12-5+. The van der Waals surface area contributed by atoms with E-state index in [-0.39, 0.29) is 5.41 Å². The first kappa shape index (κ1) is 12.2. The molecule has 4 heterocycles. The van der Waals surface area contributed by atoms with Gasteiger partial charge in [-0.2, -0.15) is 0 Å². The maximum absolute atomic E-state index is 11.1. The van der Waals surface area contributed by atoms with Gasteiger partial charge in [-0.15, -0.1) is 0 Å². The maximum Gasteiger partial charge on any atom is 0.328 e. The van der Waals surface area contributed by atoms with Gasteiger partial charge < -0.3 is 14.9 Å². The van der Waals surface area contributed by atoms with Gasteiger partial charge in [0.25, 0.3) is 0 Å². The molecule has 2 atom stereocenters. The summed E-state index contributed by atoms with van der Waals surface area (Å²) in [6.07, 6.45) is 1.52. The molecule has 4 aliphatic rings. The second-order valence-electron chi connectivity index (χ2n) is 6.42. The van der Waals surface area contributed by atoms with E-state index in [9.17, 15) is 4.79 Å². The molecule has 0 spiro atoms. The molecule has 0 saturated carbocycles. The summed E-state index contributed by atoms with van der Waals surface area (Å²) in [4.78, 5) is 16.2. The van der Waals surface area contributed by atoms with Crippen molar-refractivity contribution in [2.75, 3.05) is 39.3 Å². The van der Waals surface area contributed by atoms with Crippen LogP contribution in [0.15, 0.2) is 11.6 Å². The summed E-state index contributed by atoms with van der Waals surface area (Å²) in [5.74, 6) is 0.143. The minimum absolute atomic E-state index is 0.0655. The van der Waals surface area contributed by atoms with Gasteiger partial charge in [0.15, 0.2) is 0 Å². The summed E-state index contributed by atoms with van der Waals surface area (Å²) in [6.45, 7) is 10.9. The highest BCUT2D eigenvalue weighted by atomic mass is 16.4. The van der Waals surface area contributed by atoms with Gasteiger partial charge in [-0.25, -0.2) is 4.79 Å². The molecule has 0 aliphatic carbocycles. The molecule has 4 rings (SSSR count). The number of nitrogens with zero attached hydrogens (tertiary/aromatic N) is 2. The molecular weight excluding hydrogens is 228 g/mol. The Hall–Kier alpha value is -0.870. The maximum atomic E-state index is 11.1. The highest BCUT2D eigenvalue weighted by Crippen LogP contribution is 2.49. The van der Waals surface area contributed by atoms with E-state index in [4.69, 9.17) is 5.11 Å². The summed E-state index contributed by atoms with van der Waals surface area (Å²) < 4.78 is 0. The fraction of sp³-hybridized carbons (Fsp3) is 0.786. The molecule has 4 fully saturated rings. The molecule has 0 amide bonds. The van der Waals surface area contributed by atoms with E-state index in [1.165, 1.54) is 11.6 Å². The van der Waals surface area contributed by atoms with Gasteiger partial charge in [0.2, 0.25) is 0 Å². The van der Waals surface area contributed by atoms with Gasteiger partial charge in [-0.3, -0.25) is 0 Å². The number of carboxylic acids is 1. The Morgan fingerprint density at radius 1 is 1.33 bits per heavy atom. The van der Waals surface area contributed by atoms with Crippen LogP contribution < -0.4 is 0 Å². The van der Waals surface area contributed by atoms with Crippen LogP contribution >= 0.6 is 0 Å². The van der Waals surface area contributed by atoms with Crippen LogP contribution in [0.3, 0.4) is 0 Å². The Kier molecular flexibility index (Phi) is 2.75. The predicted octanol–water partition coefficient (Wildman–Crippen LogP) is 0.901. The quantitative estimate of drug-likeness (QED) is 0.740. The Balaban J connectivity index is 2.07. The van der Waals surface area contributed by atoms with Crippen molar-refractivity contribution < 1.29 is 9.90 Å². The molecule has 100 valence electrons. The van der Waals surface area contributed by atoms with Crippen molar-refractivity contribution in [2.24, 2.45) is 17.3 Å². The molecular formula is C14H22N2O2. The fourth-order valence-corrected chi connectivity index (χ4v) is 4.16. The number of hydrogen-bond acceptors (Lipinski definition) is 3. The zero-order valence-electron chi connectivity index (χ0n) is 11.2. The summed E-state index contributed by atoms with van der Waals surface area (Å²) in [7, 11) is 0. The molecule has 4 heteroatoms. The lowest BCUT2D eigenvalue weighted by Crippen LogP contribution is -2.58. The average molecular weight is 250 g/mol. The third kappa shape index (κ3) is 1.70. The monoisotopic (exact) mass is 250 g/mol. The first-order chi connectivity index (χ1) is 8.51. The number of carbonyl (C=O) groups is 1. The molecule has 0 radical (unpaired) electrons. The smallest absolute Gasteiger partial charge is 0.328 e. The number of piperidine rings is 2. The molecule has 4 saturated heterocycles. The van der Waals surface area contributed by atoms with E-state index >= 15 is 0 Å². The van der Waals surface area contributed by atoms with Crippen LogP contribution in [0.4, 0.5) is 0 Å². The third-order valence-electron chi connectivity index (χ3n) is 5.10. The van der Waals surface area contributed by atoms with Crippen molar-refractivity contribution in [1.82, 2.24) is 9.80 Å². The van der Waals surface area contributed by atoms with Crippen LogP contribution in [-0.2, 0) is 4.79 Å². The van der Waals surface area contributed by atoms with Gasteiger partial charge in [-0.1, -0.05) is 13.8 Å². The lowest BCUT2D eigenvalue weighted by atomic mass is 9.62. The van der Waals surface area contributed by atoms with Gasteiger partial charge >= 0.3 is 5.97 Å². The Morgan fingerprint density at radius 3 is 2.33 bits per heavy atom. The van der Waals surface area contributed by atoms with Crippen LogP contribution in [-0.4, -0.2) is 60.1 Å². The number of carboxylic acid groups (broad SMARTS) is 1. The lowest BCUT2D eigenvalue weighted by Gasteiger charge is -2.54. The third-order valence-corrected chi connectivity index (χ3v) is 5.10. The minimum Gasteiger partial charge on any atom is -0.478 e. The minimum atomic E-state index is -0.777. The zero-order valence-corrected chi connectivity index (χ0v) is 11.2. The molecule has 1 N–H and O–H groups in total. The molecule has 0 aromatic carbocycles. The van der Waals surface area contributed by atoms with Gasteiger partial charge in [0.1, 0.15) is 0 Å². The Bertz CT molecular complexity index is 387. The van der Waals surface area contributed by atoms with Gasteiger partial charge in [0.05, 0.1) is 0 Å². The van der Waals surface area contributed by atoms with E-state index in [1.807, 2.05) is 0 Å². The van der Waals surface area contributed by atoms with Crippen molar-refractivity contribution in [3.63, 3.8) is 0 Å². The second kappa shape index (κ2) is 4.07. The Morgan fingerprint density at radius 2 is 1.89 bits per heavy atom. The van der Waals surface area contributed by atoms with E-state index in [0.717, 1.165) is 39.3 Å². The van der Waals surface area contributed by atoms with Crippen LogP contribution in [0.5, 0.6) is 0 Å². The van der Waals surface area contributed by atoms with Crippen molar-refractivity contribution in [2.45, 2.75) is 13.8 Å².